The van der Waals surface area contributed by atoms with E-state index in [2.05, 4.69) is 31.3 Å². The highest BCUT2D eigenvalue weighted by Crippen LogP contribution is 2.38. The third-order valence-electron chi connectivity index (χ3n) is 3.18. The van der Waals surface area contributed by atoms with Gasteiger partial charge in [-0.2, -0.15) is 10.3 Å². The second-order valence-corrected chi connectivity index (χ2v) is 5.67. The molecule has 1 N–H and O–H groups in total. The Morgan fingerprint density at radius 1 is 1.12 bits per heavy atom. The molecule has 0 spiro atoms. The Bertz CT molecular complexity index is 792. The van der Waals surface area contributed by atoms with E-state index < -0.39 is 11.9 Å². The summed E-state index contributed by atoms with van der Waals surface area (Å²) in [5.74, 6) is -0.400. The van der Waals surface area contributed by atoms with E-state index in [0.717, 1.165) is 0 Å². The molecule has 0 unspecified atom stereocenters. The first-order chi connectivity index (χ1) is 12.5. The summed E-state index contributed by atoms with van der Waals surface area (Å²) in [6.07, 6.45) is 0. The fraction of sp³-hybridized carbons (Fsp3) is 0.375. The molecule has 1 aromatic heterocycles. The summed E-state index contributed by atoms with van der Waals surface area (Å²) in [7, 11) is 1.46. The van der Waals surface area contributed by atoms with Crippen LogP contribution in [-0.4, -0.2) is 54.3 Å². The standard InChI is InChI=1S/C16H18BrN3O6/c1-4-24-13(21)8-26-12-7-10(17)9(6-11(12)23-3)14-15(19-20-18-14)16(22)25-5-2/h6-7H,4-5,8H2,1-3H3,(H,18,19,20). The quantitative estimate of drug-likeness (QED) is 0.638. The summed E-state index contributed by atoms with van der Waals surface area (Å²) in [6, 6.07) is 3.22. The molecule has 0 aliphatic heterocycles. The number of nitrogens with one attached hydrogen (secondary N) is 1. The Kier molecular flexibility index (Phi) is 6.96. The predicted molar refractivity (Wildman–Crippen MR) is 94.2 cm³/mol. The van der Waals surface area contributed by atoms with Gasteiger partial charge < -0.3 is 18.9 Å². The minimum Gasteiger partial charge on any atom is -0.493 e. The summed E-state index contributed by atoms with van der Waals surface area (Å²) in [6.45, 7) is 3.64. The maximum absolute atomic E-state index is 12.0. The van der Waals surface area contributed by atoms with Gasteiger partial charge in [0, 0.05) is 10.0 Å². The predicted octanol–water partition coefficient (Wildman–Crippen LogP) is 2.36. The van der Waals surface area contributed by atoms with E-state index in [4.69, 9.17) is 18.9 Å². The molecule has 0 fully saturated rings. The first-order valence-corrected chi connectivity index (χ1v) is 8.55. The fourth-order valence-corrected chi connectivity index (χ4v) is 2.60. The lowest BCUT2D eigenvalue weighted by Crippen LogP contribution is -2.15. The van der Waals surface area contributed by atoms with Gasteiger partial charge in [0.25, 0.3) is 0 Å². The van der Waals surface area contributed by atoms with Crippen molar-refractivity contribution in [2.75, 3.05) is 26.9 Å². The van der Waals surface area contributed by atoms with Crippen LogP contribution in [0.15, 0.2) is 16.6 Å². The number of H-pyrrole nitrogens is 1. The van der Waals surface area contributed by atoms with Crippen LogP contribution in [0.5, 0.6) is 11.5 Å². The molecule has 140 valence electrons. The molecule has 1 heterocycles. The van der Waals surface area contributed by atoms with Crippen LogP contribution < -0.4 is 9.47 Å². The number of aromatic nitrogens is 3. The number of benzene rings is 1. The maximum Gasteiger partial charge on any atom is 0.361 e. The van der Waals surface area contributed by atoms with Crippen molar-refractivity contribution in [3.8, 4) is 22.8 Å². The number of rotatable bonds is 8. The van der Waals surface area contributed by atoms with Crippen molar-refractivity contribution < 1.29 is 28.5 Å². The average Bonchev–Trinajstić information content (AvgIpc) is 3.10. The van der Waals surface area contributed by atoms with Crippen molar-refractivity contribution in [1.29, 1.82) is 0 Å². The van der Waals surface area contributed by atoms with E-state index in [0.29, 0.717) is 27.2 Å². The first kappa shape index (κ1) is 19.7. The zero-order valence-electron chi connectivity index (χ0n) is 14.5. The van der Waals surface area contributed by atoms with Crippen LogP contribution in [0, 0.1) is 0 Å². The van der Waals surface area contributed by atoms with Gasteiger partial charge in [-0.15, -0.1) is 5.10 Å². The summed E-state index contributed by atoms with van der Waals surface area (Å²) in [4.78, 5) is 23.5. The third kappa shape index (κ3) is 4.51. The topological polar surface area (TPSA) is 113 Å². The highest BCUT2D eigenvalue weighted by Gasteiger charge is 2.23. The first-order valence-electron chi connectivity index (χ1n) is 7.75. The second-order valence-electron chi connectivity index (χ2n) is 4.82. The molecule has 2 aromatic rings. The van der Waals surface area contributed by atoms with Gasteiger partial charge in [-0.1, -0.05) is 0 Å². The fourth-order valence-electron chi connectivity index (χ4n) is 2.09. The average molecular weight is 428 g/mol. The van der Waals surface area contributed by atoms with Crippen molar-refractivity contribution in [3.05, 3.63) is 22.3 Å². The van der Waals surface area contributed by atoms with Crippen LogP contribution in [0.25, 0.3) is 11.3 Å². The van der Waals surface area contributed by atoms with Crippen LogP contribution in [0.3, 0.4) is 0 Å². The smallest absolute Gasteiger partial charge is 0.361 e. The number of ether oxygens (including phenoxy) is 4. The molecule has 2 rings (SSSR count). The van der Waals surface area contributed by atoms with Crippen LogP contribution in [-0.2, 0) is 14.3 Å². The molecule has 26 heavy (non-hydrogen) atoms. The Labute approximate surface area is 158 Å². The van der Waals surface area contributed by atoms with E-state index in [9.17, 15) is 9.59 Å². The van der Waals surface area contributed by atoms with Gasteiger partial charge >= 0.3 is 11.9 Å². The molecule has 0 atom stereocenters. The molecule has 0 saturated carbocycles. The number of hydrogen-bond donors (Lipinski definition) is 1. The number of carbonyl (C=O) groups excluding carboxylic acids is 2. The van der Waals surface area contributed by atoms with Crippen LogP contribution in [0.4, 0.5) is 0 Å². The Morgan fingerprint density at radius 3 is 2.50 bits per heavy atom. The summed E-state index contributed by atoms with van der Waals surface area (Å²) < 4.78 is 21.1. The van der Waals surface area contributed by atoms with Gasteiger partial charge in [0.1, 0.15) is 5.69 Å². The van der Waals surface area contributed by atoms with Crippen LogP contribution >= 0.6 is 15.9 Å². The number of carbonyl (C=O) groups is 2. The molecule has 9 nitrogen and oxygen atoms in total. The molecule has 10 heteroatoms. The van der Waals surface area contributed by atoms with Crippen molar-refractivity contribution in [3.63, 3.8) is 0 Å². The lowest BCUT2D eigenvalue weighted by molar-refractivity contribution is -0.145. The van der Waals surface area contributed by atoms with Gasteiger partial charge in [-0.25, -0.2) is 9.59 Å². The van der Waals surface area contributed by atoms with E-state index in [1.165, 1.54) is 7.11 Å². The monoisotopic (exact) mass is 427 g/mol. The van der Waals surface area contributed by atoms with Crippen molar-refractivity contribution in [2.24, 2.45) is 0 Å². The molecule has 0 aliphatic carbocycles. The SMILES string of the molecule is CCOC(=O)COc1cc(Br)c(-c2n[nH]nc2C(=O)OCC)cc1OC. The molecular formula is C16H18BrN3O6. The van der Waals surface area contributed by atoms with E-state index in [1.54, 1.807) is 26.0 Å². The summed E-state index contributed by atoms with van der Waals surface area (Å²) in [5.41, 5.74) is 0.891. The Morgan fingerprint density at radius 2 is 1.85 bits per heavy atom. The number of aromatic amines is 1. The lowest BCUT2D eigenvalue weighted by Gasteiger charge is -2.13. The normalized spacial score (nSPS) is 10.3. The number of nitrogens with zero attached hydrogens (tertiary/aromatic N) is 2. The van der Waals surface area contributed by atoms with Crippen molar-refractivity contribution >= 4 is 27.9 Å². The maximum atomic E-state index is 12.0. The minimum absolute atomic E-state index is 0.0507. The highest BCUT2D eigenvalue weighted by atomic mass is 79.9. The molecule has 0 aliphatic rings. The number of methoxy groups -OCH3 is 1. The number of halogens is 1. The van der Waals surface area contributed by atoms with Crippen molar-refractivity contribution in [2.45, 2.75) is 13.8 Å². The van der Waals surface area contributed by atoms with Gasteiger partial charge in [0.2, 0.25) is 0 Å². The number of esters is 2. The van der Waals surface area contributed by atoms with Gasteiger partial charge in [-0.3, -0.25) is 0 Å². The zero-order chi connectivity index (χ0) is 19.1. The Balaban J connectivity index is 2.34. The summed E-state index contributed by atoms with van der Waals surface area (Å²) >= 11 is 3.41. The second kappa shape index (κ2) is 9.18. The molecule has 0 radical (unpaired) electrons. The minimum atomic E-state index is -0.593. The molecule has 0 amide bonds. The molecule has 1 aromatic carbocycles. The Hall–Kier alpha value is -2.62. The third-order valence-corrected chi connectivity index (χ3v) is 3.83. The van der Waals surface area contributed by atoms with Crippen molar-refractivity contribution in [1.82, 2.24) is 15.4 Å². The van der Waals surface area contributed by atoms with Gasteiger partial charge in [0.15, 0.2) is 23.8 Å². The van der Waals surface area contributed by atoms with Crippen LogP contribution in [0.2, 0.25) is 0 Å². The summed E-state index contributed by atoms with van der Waals surface area (Å²) in [5, 5.41) is 10.3. The molecular weight excluding hydrogens is 410 g/mol. The highest BCUT2D eigenvalue weighted by molar-refractivity contribution is 9.10. The largest absolute Gasteiger partial charge is 0.493 e. The molecule has 0 saturated heterocycles. The zero-order valence-corrected chi connectivity index (χ0v) is 16.1. The van der Waals surface area contributed by atoms with E-state index >= 15 is 0 Å². The van der Waals surface area contributed by atoms with Gasteiger partial charge in [0.05, 0.1) is 20.3 Å². The molecule has 0 bridgehead atoms. The van der Waals surface area contributed by atoms with Gasteiger partial charge in [-0.05, 0) is 41.9 Å². The number of hydrogen-bond acceptors (Lipinski definition) is 8. The van der Waals surface area contributed by atoms with E-state index in [-0.39, 0.29) is 25.5 Å². The van der Waals surface area contributed by atoms with E-state index in [1.807, 2.05) is 0 Å². The van der Waals surface area contributed by atoms with Crippen LogP contribution in [0.1, 0.15) is 24.3 Å². The lowest BCUT2D eigenvalue weighted by atomic mass is 10.1.